The molecule has 0 aliphatic carbocycles. The summed E-state index contributed by atoms with van der Waals surface area (Å²) in [6.45, 7) is 0. The van der Waals surface area contributed by atoms with Crippen molar-refractivity contribution in [3.63, 3.8) is 0 Å². The van der Waals surface area contributed by atoms with Crippen LogP contribution in [-0.4, -0.2) is 16.8 Å². The highest BCUT2D eigenvalue weighted by molar-refractivity contribution is 9.10. The molecule has 1 aliphatic heterocycles. The fourth-order valence-corrected chi connectivity index (χ4v) is 4.42. The highest BCUT2D eigenvalue weighted by Crippen LogP contribution is 2.42. The van der Waals surface area contributed by atoms with Gasteiger partial charge in [0.05, 0.1) is 11.6 Å². The number of fused-ring (bicyclic) bond motifs is 1. The maximum absolute atomic E-state index is 13.5. The second kappa shape index (κ2) is 7.97. The van der Waals surface area contributed by atoms with Crippen molar-refractivity contribution in [1.82, 2.24) is 0 Å². The van der Waals surface area contributed by atoms with E-state index in [1.54, 1.807) is 36.4 Å². The van der Waals surface area contributed by atoms with Crippen molar-refractivity contribution in [2.24, 2.45) is 0 Å². The molecule has 0 spiro atoms. The minimum Gasteiger partial charge on any atom is -0.503 e. The zero-order valence-corrected chi connectivity index (χ0v) is 18.8. The number of Topliss-reactive ketones (excluding diaryl/α,β-unsaturated/α-hetero) is 1. The topological polar surface area (TPSA) is 70.8 Å². The van der Waals surface area contributed by atoms with Crippen molar-refractivity contribution in [2.45, 2.75) is 6.04 Å². The second-order valence-electron chi connectivity index (χ2n) is 7.35. The Hall–Kier alpha value is -3.35. The fourth-order valence-electron chi connectivity index (χ4n) is 3.91. The predicted molar refractivity (Wildman–Crippen MR) is 126 cm³/mol. The van der Waals surface area contributed by atoms with Gasteiger partial charge in [-0.25, -0.2) is 0 Å². The molecule has 1 N–H and O–H groups in total. The first-order valence-electron chi connectivity index (χ1n) is 9.75. The lowest BCUT2D eigenvalue weighted by Gasteiger charge is -2.26. The van der Waals surface area contributed by atoms with Gasteiger partial charge < -0.3 is 9.52 Å². The molecule has 0 saturated carbocycles. The second-order valence-corrected chi connectivity index (χ2v) is 8.70. The summed E-state index contributed by atoms with van der Waals surface area (Å²) in [5, 5.41) is 12.1. The molecule has 5 rings (SSSR count). The molecule has 1 aromatic heterocycles. The molecule has 0 radical (unpaired) electrons. The normalized spacial score (nSPS) is 16.2. The van der Waals surface area contributed by atoms with Gasteiger partial charge >= 0.3 is 0 Å². The van der Waals surface area contributed by atoms with Crippen LogP contribution in [0.2, 0.25) is 5.02 Å². The number of ketones is 1. The van der Waals surface area contributed by atoms with E-state index >= 15 is 0 Å². The number of nitrogens with zero attached hydrogens (tertiary/aromatic N) is 1. The number of amides is 1. The minimum absolute atomic E-state index is 0.0331. The molecule has 7 heteroatoms. The lowest BCUT2D eigenvalue weighted by molar-refractivity contribution is -0.117. The zero-order chi connectivity index (χ0) is 22.4. The maximum atomic E-state index is 13.5. The third-order valence-corrected chi connectivity index (χ3v) is 6.12. The van der Waals surface area contributed by atoms with Crippen LogP contribution < -0.4 is 4.90 Å². The van der Waals surface area contributed by atoms with Gasteiger partial charge in [-0.2, -0.15) is 0 Å². The highest BCUT2D eigenvalue weighted by atomic mass is 79.9. The number of halogens is 2. The first-order chi connectivity index (χ1) is 15.4. The van der Waals surface area contributed by atoms with Crippen LogP contribution >= 0.6 is 27.5 Å². The third kappa shape index (κ3) is 3.42. The summed E-state index contributed by atoms with van der Waals surface area (Å²) in [7, 11) is 0. The van der Waals surface area contributed by atoms with Crippen molar-refractivity contribution in [2.75, 3.05) is 4.90 Å². The molecule has 0 bridgehead atoms. The fraction of sp³-hybridized carbons (Fsp3) is 0.0400. The highest BCUT2D eigenvalue weighted by Gasteiger charge is 2.45. The first kappa shape index (κ1) is 20.5. The molecule has 0 fully saturated rings. The molecular weight excluding hydrogens is 494 g/mol. The van der Waals surface area contributed by atoms with E-state index in [4.69, 9.17) is 16.0 Å². The zero-order valence-electron chi connectivity index (χ0n) is 16.5. The number of carbonyl (C=O) groups excluding carboxylic acids is 2. The van der Waals surface area contributed by atoms with Gasteiger partial charge in [-0.05, 0) is 54.1 Å². The van der Waals surface area contributed by atoms with Crippen molar-refractivity contribution in [3.8, 4) is 0 Å². The Morgan fingerprint density at radius 3 is 2.44 bits per heavy atom. The molecule has 1 aliphatic rings. The standard InChI is InChI=1S/C25H15BrClNO4/c26-16-6-11-19-15(12-16)13-20(32-19)23(29)21-22(14-4-2-1-3-5-14)28(25(31)24(21)30)18-9-7-17(27)8-10-18/h1-13,22,30H. The Labute approximate surface area is 196 Å². The van der Waals surface area contributed by atoms with Crippen LogP contribution in [0.3, 0.4) is 0 Å². The van der Waals surface area contributed by atoms with Crippen molar-refractivity contribution >= 4 is 55.9 Å². The van der Waals surface area contributed by atoms with Gasteiger partial charge in [0, 0.05) is 20.6 Å². The van der Waals surface area contributed by atoms with Crippen molar-refractivity contribution < 1.29 is 19.1 Å². The van der Waals surface area contributed by atoms with E-state index in [9.17, 15) is 14.7 Å². The van der Waals surface area contributed by atoms with E-state index in [1.165, 1.54) is 4.90 Å². The van der Waals surface area contributed by atoms with Crippen molar-refractivity contribution in [3.05, 3.63) is 111 Å². The van der Waals surface area contributed by atoms with E-state index < -0.39 is 23.5 Å². The molecule has 0 saturated heterocycles. The van der Waals surface area contributed by atoms with Crippen LogP contribution in [0.25, 0.3) is 11.0 Å². The SMILES string of the molecule is O=C(C1=C(O)C(=O)N(c2ccc(Cl)cc2)C1c1ccccc1)c1cc2cc(Br)ccc2o1. The van der Waals surface area contributed by atoms with Crippen LogP contribution in [0, 0.1) is 0 Å². The molecule has 1 amide bonds. The third-order valence-electron chi connectivity index (χ3n) is 5.38. The molecule has 158 valence electrons. The van der Waals surface area contributed by atoms with Crippen LogP contribution in [0.4, 0.5) is 5.69 Å². The monoisotopic (exact) mass is 507 g/mol. The van der Waals surface area contributed by atoms with Crippen LogP contribution in [0.1, 0.15) is 22.2 Å². The number of furan rings is 1. The molecule has 3 aromatic carbocycles. The largest absolute Gasteiger partial charge is 0.503 e. The molecule has 2 heterocycles. The smallest absolute Gasteiger partial charge is 0.294 e. The number of anilines is 1. The summed E-state index contributed by atoms with van der Waals surface area (Å²) in [6.07, 6.45) is 0. The summed E-state index contributed by atoms with van der Waals surface area (Å²) >= 11 is 9.42. The van der Waals surface area contributed by atoms with Gasteiger partial charge in [0.15, 0.2) is 11.5 Å². The molecule has 1 atom stereocenters. The number of carbonyl (C=O) groups is 2. The Balaban J connectivity index is 1.65. The Morgan fingerprint density at radius 2 is 1.72 bits per heavy atom. The van der Waals surface area contributed by atoms with E-state index in [0.29, 0.717) is 21.9 Å². The average molecular weight is 509 g/mol. The number of hydrogen-bond donors (Lipinski definition) is 1. The summed E-state index contributed by atoms with van der Waals surface area (Å²) < 4.78 is 6.61. The molecular formula is C25H15BrClNO4. The van der Waals surface area contributed by atoms with E-state index in [1.807, 2.05) is 42.5 Å². The quantitative estimate of drug-likeness (QED) is 0.314. The Morgan fingerprint density at radius 1 is 1.00 bits per heavy atom. The average Bonchev–Trinajstić information content (AvgIpc) is 3.33. The lowest BCUT2D eigenvalue weighted by atomic mass is 9.95. The maximum Gasteiger partial charge on any atom is 0.294 e. The van der Waals surface area contributed by atoms with E-state index in [2.05, 4.69) is 15.9 Å². The number of rotatable bonds is 4. The van der Waals surface area contributed by atoms with Gasteiger partial charge in [-0.15, -0.1) is 0 Å². The lowest BCUT2D eigenvalue weighted by Crippen LogP contribution is -2.31. The summed E-state index contributed by atoms with van der Waals surface area (Å²) in [6, 6.07) is 21.9. The number of aliphatic hydroxyl groups excluding tert-OH is 1. The van der Waals surface area contributed by atoms with Crippen LogP contribution in [-0.2, 0) is 4.79 Å². The van der Waals surface area contributed by atoms with Crippen LogP contribution in [0.15, 0.2) is 99.1 Å². The Bertz CT molecular complexity index is 1390. The molecule has 4 aromatic rings. The van der Waals surface area contributed by atoms with Gasteiger partial charge in [0.25, 0.3) is 5.91 Å². The summed E-state index contributed by atoms with van der Waals surface area (Å²) in [5.41, 5.74) is 1.69. The van der Waals surface area contributed by atoms with Crippen molar-refractivity contribution in [1.29, 1.82) is 0 Å². The van der Waals surface area contributed by atoms with Gasteiger partial charge in [-0.3, -0.25) is 14.5 Å². The van der Waals surface area contributed by atoms with Gasteiger partial charge in [0.1, 0.15) is 5.58 Å². The van der Waals surface area contributed by atoms with Crippen LogP contribution in [0.5, 0.6) is 0 Å². The Kier molecular flexibility index (Phi) is 5.12. The number of aliphatic hydroxyl groups is 1. The molecule has 5 nitrogen and oxygen atoms in total. The molecule has 32 heavy (non-hydrogen) atoms. The van der Waals surface area contributed by atoms with E-state index in [0.717, 1.165) is 9.86 Å². The minimum atomic E-state index is -0.822. The summed E-state index contributed by atoms with van der Waals surface area (Å²) in [5.74, 6) is -1.76. The number of benzene rings is 3. The van der Waals surface area contributed by atoms with Gasteiger partial charge in [-0.1, -0.05) is 57.9 Å². The van der Waals surface area contributed by atoms with E-state index in [-0.39, 0.29) is 11.3 Å². The molecule has 1 unspecified atom stereocenters. The van der Waals surface area contributed by atoms with Gasteiger partial charge in [0.2, 0.25) is 5.78 Å². The summed E-state index contributed by atoms with van der Waals surface area (Å²) in [4.78, 5) is 28.1. The number of hydrogen-bond acceptors (Lipinski definition) is 4. The predicted octanol–water partition coefficient (Wildman–Crippen LogP) is 6.63. The first-order valence-corrected chi connectivity index (χ1v) is 10.9.